The molecule has 0 bridgehead atoms. The molecule has 4 aliphatic rings. The minimum Gasteiger partial charge on any atom is -0.455 e. The van der Waals surface area contributed by atoms with Gasteiger partial charge in [-0.2, -0.15) is 0 Å². The van der Waals surface area contributed by atoms with Crippen LogP contribution in [0.15, 0.2) is 162 Å². The molecule has 358 valence electrons. The second-order valence-electron chi connectivity index (χ2n) is 25.1. The first-order valence-corrected chi connectivity index (χ1v) is 27.6. The highest BCUT2D eigenvalue weighted by Gasteiger charge is 2.48. The summed E-state index contributed by atoms with van der Waals surface area (Å²) in [5.41, 5.74) is 25.3. The highest BCUT2D eigenvalue weighted by atomic mass is 32.1. The van der Waals surface area contributed by atoms with Gasteiger partial charge in [0.05, 0.1) is 11.0 Å². The average molecular weight is 973 g/mol. The number of anilines is 2. The summed E-state index contributed by atoms with van der Waals surface area (Å²) in [5.74, 6) is 0. The SMILES string of the molecule is CC(C)(C)c1ccc2c(c1)c1c3c(oc4ccccc43)c3c4c1n2-c1cc2c(cc1B4N(c1ccc(-c4ccccc4)cc1)c1cc4sc5cc6c(cc5c4cc1-3)C(C)(C)CCC6(C)C)C(C)(C)c1ccccc1-2. The molecule has 2 aliphatic carbocycles. The molecule has 0 fully saturated rings. The maximum absolute atomic E-state index is 7.47. The van der Waals surface area contributed by atoms with Gasteiger partial charge >= 0.3 is 6.85 Å². The van der Waals surface area contributed by atoms with Crippen LogP contribution in [0, 0.1) is 0 Å². The Balaban J connectivity index is 1.10. The Bertz CT molecular complexity index is 4500. The third kappa shape index (κ3) is 5.48. The zero-order chi connectivity index (χ0) is 50.1. The minimum absolute atomic E-state index is 0.0499. The van der Waals surface area contributed by atoms with E-state index in [1.807, 2.05) is 11.3 Å². The molecule has 5 heteroatoms. The summed E-state index contributed by atoms with van der Waals surface area (Å²) in [6.45, 7) is 21.5. The molecular weight excluding hydrogens is 916 g/mol. The van der Waals surface area contributed by atoms with Crippen molar-refractivity contribution < 1.29 is 4.42 Å². The summed E-state index contributed by atoms with van der Waals surface area (Å²) in [6, 6.07) is 61.0. The van der Waals surface area contributed by atoms with Gasteiger partial charge in [-0.3, -0.25) is 0 Å². The molecule has 0 radical (unpaired) electrons. The van der Waals surface area contributed by atoms with E-state index in [0.717, 1.165) is 16.6 Å². The third-order valence-electron chi connectivity index (χ3n) is 18.6. The number of benzene rings is 9. The number of hydrogen-bond acceptors (Lipinski definition) is 3. The maximum atomic E-state index is 7.47. The molecule has 12 aromatic rings. The molecule has 2 aliphatic heterocycles. The molecule has 0 saturated heterocycles. The van der Waals surface area contributed by atoms with Crippen LogP contribution in [-0.4, -0.2) is 11.4 Å². The summed E-state index contributed by atoms with van der Waals surface area (Å²) in [6.07, 6.45) is 2.38. The van der Waals surface area contributed by atoms with Crippen molar-refractivity contribution in [3.05, 3.63) is 186 Å². The molecule has 0 spiro atoms. The van der Waals surface area contributed by atoms with Crippen molar-refractivity contribution in [1.29, 1.82) is 0 Å². The van der Waals surface area contributed by atoms with E-state index in [1.165, 1.54) is 149 Å². The highest BCUT2D eigenvalue weighted by Crippen LogP contribution is 2.56. The second-order valence-corrected chi connectivity index (χ2v) is 26.2. The number of hydrogen-bond donors (Lipinski definition) is 0. The maximum Gasteiger partial charge on any atom is 0.333 e. The Morgan fingerprint density at radius 2 is 1.23 bits per heavy atom. The Hall–Kier alpha value is -7.34. The second kappa shape index (κ2) is 14.1. The van der Waals surface area contributed by atoms with Gasteiger partial charge in [0.1, 0.15) is 11.2 Å². The van der Waals surface area contributed by atoms with Crippen LogP contribution in [0.1, 0.15) is 103 Å². The van der Waals surface area contributed by atoms with Gasteiger partial charge in [0, 0.05) is 75.3 Å². The first-order chi connectivity index (χ1) is 35.6. The third-order valence-corrected chi connectivity index (χ3v) is 19.7. The predicted molar refractivity (Wildman–Crippen MR) is 317 cm³/mol. The van der Waals surface area contributed by atoms with Gasteiger partial charge in [0.15, 0.2) is 0 Å². The largest absolute Gasteiger partial charge is 0.455 e. The van der Waals surface area contributed by atoms with Crippen LogP contribution >= 0.6 is 11.3 Å². The number of nitrogens with zero attached hydrogens (tertiary/aromatic N) is 2. The summed E-state index contributed by atoms with van der Waals surface area (Å²) in [7, 11) is 0. The van der Waals surface area contributed by atoms with Gasteiger partial charge in [0.25, 0.3) is 0 Å². The monoisotopic (exact) mass is 972 g/mol. The highest BCUT2D eigenvalue weighted by molar-refractivity contribution is 7.26. The van der Waals surface area contributed by atoms with E-state index in [9.17, 15) is 0 Å². The molecule has 0 amide bonds. The fourth-order valence-electron chi connectivity index (χ4n) is 14.5. The number of rotatable bonds is 2. The lowest BCUT2D eigenvalue weighted by Gasteiger charge is -2.42. The van der Waals surface area contributed by atoms with E-state index in [0.29, 0.717) is 0 Å². The van der Waals surface area contributed by atoms with Crippen molar-refractivity contribution in [2.45, 2.75) is 96.8 Å². The minimum atomic E-state index is -0.192. The first kappa shape index (κ1) is 43.1. The molecule has 0 unspecified atom stereocenters. The van der Waals surface area contributed by atoms with Crippen LogP contribution in [0.4, 0.5) is 11.4 Å². The molecule has 0 saturated carbocycles. The molecule has 5 heterocycles. The van der Waals surface area contributed by atoms with E-state index < -0.39 is 0 Å². The van der Waals surface area contributed by atoms with Crippen LogP contribution in [-0.2, 0) is 21.7 Å². The molecule has 9 aromatic carbocycles. The Morgan fingerprint density at radius 3 is 2.01 bits per heavy atom. The van der Waals surface area contributed by atoms with Gasteiger partial charge in [-0.05, 0) is 151 Å². The van der Waals surface area contributed by atoms with Crippen LogP contribution < -0.4 is 15.7 Å². The molecule has 0 N–H and O–H groups in total. The molecule has 74 heavy (non-hydrogen) atoms. The fraction of sp³-hybridized carbons (Fsp3) is 0.217. The zero-order valence-electron chi connectivity index (χ0n) is 43.7. The Morgan fingerprint density at radius 1 is 0.541 bits per heavy atom. The normalized spacial score (nSPS) is 16.6. The van der Waals surface area contributed by atoms with Gasteiger partial charge in [-0.15, -0.1) is 11.3 Å². The van der Waals surface area contributed by atoms with E-state index in [2.05, 4.69) is 229 Å². The molecule has 0 atom stereocenters. The number of thiophene rings is 1. The van der Waals surface area contributed by atoms with Gasteiger partial charge in [0.2, 0.25) is 0 Å². The standard InChI is InChI=1S/C69H57BN2OS/c1-66(2,3)40-25-28-54-47(31-40)60-61-43-20-14-16-22-57(43)73-65(61)62-48-32-45-46-33-51-52(68(6,7)30-29-67(51,4)5)36-58(46)74-59(45)37-55(48)72(41-26-23-39(24-27-41)38-17-11-10-12-18-38)70-53-35-50-44(34-56(53)71(54)64(60)63(62)70)42-19-13-15-21-49(42)69(50,8)9/h10-28,31-37H,29-30H2,1-9H3. The van der Waals surface area contributed by atoms with E-state index in [1.54, 1.807) is 0 Å². The summed E-state index contributed by atoms with van der Waals surface area (Å²) in [4.78, 5) is 2.73. The van der Waals surface area contributed by atoms with Crippen LogP contribution in [0.3, 0.4) is 0 Å². The average Bonchev–Trinajstić information content (AvgIpc) is 4.31. The van der Waals surface area contributed by atoms with Crippen molar-refractivity contribution in [2.75, 3.05) is 4.81 Å². The number of aromatic nitrogens is 1. The Kier molecular flexibility index (Phi) is 8.20. The number of furan rings is 1. The zero-order valence-corrected chi connectivity index (χ0v) is 44.5. The molecule has 16 rings (SSSR count). The predicted octanol–water partition coefficient (Wildman–Crippen LogP) is 17.9. The van der Waals surface area contributed by atoms with Gasteiger partial charge < -0.3 is 13.8 Å². The van der Waals surface area contributed by atoms with Gasteiger partial charge in [-0.1, -0.05) is 159 Å². The molecule has 3 nitrogen and oxygen atoms in total. The van der Waals surface area contributed by atoms with E-state index in [4.69, 9.17) is 4.42 Å². The summed E-state index contributed by atoms with van der Waals surface area (Å²) >= 11 is 1.96. The smallest absolute Gasteiger partial charge is 0.333 e. The number of para-hydroxylation sites is 1. The quantitative estimate of drug-likeness (QED) is 0.161. The lowest BCUT2D eigenvalue weighted by atomic mass is 9.43. The van der Waals surface area contributed by atoms with Crippen molar-refractivity contribution in [3.8, 4) is 39.1 Å². The summed E-state index contributed by atoms with van der Waals surface area (Å²) < 4.78 is 12.8. The lowest BCUT2D eigenvalue weighted by Crippen LogP contribution is -2.60. The lowest BCUT2D eigenvalue weighted by molar-refractivity contribution is 0.332. The molecule has 3 aromatic heterocycles. The van der Waals surface area contributed by atoms with Crippen molar-refractivity contribution in [2.24, 2.45) is 0 Å². The van der Waals surface area contributed by atoms with Crippen LogP contribution in [0.5, 0.6) is 0 Å². The van der Waals surface area contributed by atoms with Crippen LogP contribution in [0.25, 0.3) is 103 Å². The van der Waals surface area contributed by atoms with E-state index in [-0.39, 0.29) is 28.5 Å². The fourth-order valence-corrected chi connectivity index (χ4v) is 15.6. The molecular formula is C69H57BN2OS. The van der Waals surface area contributed by atoms with Gasteiger partial charge in [-0.25, -0.2) is 0 Å². The topological polar surface area (TPSA) is 21.3 Å². The van der Waals surface area contributed by atoms with E-state index >= 15 is 0 Å². The Labute approximate surface area is 437 Å². The van der Waals surface area contributed by atoms with Crippen molar-refractivity contribution in [1.82, 2.24) is 4.57 Å². The number of fused-ring (bicyclic) bond motifs is 20. The first-order valence-electron chi connectivity index (χ1n) is 26.8. The summed E-state index contributed by atoms with van der Waals surface area (Å²) in [5, 5.41) is 7.61. The van der Waals surface area contributed by atoms with Crippen molar-refractivity contribution in [3.63, 3.8) is 0 Å². The van der Waals surface area contributed by atoms with Crippen molar-refractivity contribution >= 4 is 104 Å². The van der Waals surface area contributed by atoms with Crippen LogP contribution in [0.2, 0.25) is 0 Å².